The number of carbonyl (C=O) groups excluding carboxylic acids is 3. The maximum absolute atomic E-state index is 12.1. The van der Waals surface area contributed by atoms with Gasteiger partial charge in [-0.15, -0.1) is 0 Å². The molecule has 0 bridgehead atoms. The number of amides is 3. The van der Waals surface area contributed by atoms with E-state index >= 15 is 0 Å². The zero-order valence-corrected chi connectivity index (χ0v) is 15.2. The topological polar surface area (TPSA) is 113 Å². The minimum absolute atomic E-state index is 0.0243. The number of nitrogens with two attached hydrogens (primary N) is 1. The molecule has 0 saturated carbocycles. The summed E-state index contributed by atoms with van der Waals surface area (Å²) in [6.45, 7) is 2.68. The molecule has 3 amide bonds. The molecule has 0 spiro atoms. The number of hydrogen-bond donors (Lipinski definition) is 4. The van der Waals surface area contributed by atoms with E-state index in [4.69, 9.17) is 5.73 Å². The lowest BCUT2D eigenvalue weighted by Crippen LogP contribution is -2.25. The van der Waals surface area contributed by atoms with Crippen LogP contribution in [0.1, 0.15) is 40.5 Å². The van der Waals surface area contributed by atoms with Crippen molar-refractivity contribution in [3.63, 3.8) is 0 Å². The van der Waals surface area contributed by atoms with Gasteiger partial charge in [0.25, 0.3) is 11.8 Å². The van der Waals surface area contributed by atoms with Crippen LogP contribution in [-0.4, -0.2) is 30.8 Å². The van der Waals surface area contributed by atoms with Crippen LogP contribution >= 0.6 is 0 Å². The SMILES string of the molecule is CCCCNC(=O)c1ccc(NC(=O)CNc2ccccc2C(N)=O)cc1. The highest BCUT2D eigenvalue weighted by atomic mass is 16.2. The average Bonchev–Trinajstić information content (AvgIpc) is 2.67. The van der Waals surface area contributed by atoms with Gasteiger partial charge in [0.1, 0.15) is 0 Å². The molecule has 27 heavy (non-hydrogen) atoms. The zero-order chi connectivity index (χ0) is 19.6. The van der Waals surface area contributed by atoms with Gasteiger partial charge in [0, 0.05) is 23.5 Å². The number of anilines is 2. The molecule has 0 unspecified atom stereocenters. The summed E-state index contributed by atoms with van der Waals surface area (Å²) in [6.07, 6.45) is 1.95. The van der Waals surface area contributed by atoms with Crippen molar-refractivity contribution in [3.05, 3.63) is 59.7 Å². The quantitative estimate of drug-likeness (QED) is 0.509. The normalized spacial score (nSPS) is 10.1. The van der Waals surface area contributed by atoms with Gasteiger partial charge >= 0.3 is 0 Å². The second-order valence-corrected chi connectivity index (χ2v) is 6.00. The Morgan fingerprint density at radius 1 is 1.00 bits per heavy atom. The van der Waals surface area contributed by atoms with E-state index in [0.29, 0.717) is 29.0 Å². The van der Waals surface area contributed by atoms with E-state index in [-0.39, 0.29) is 18.4 Å². The first-order valence-corrected chi connectivity index (χ1v) is 8.82. The van der Waals surface area contributed by atoms with Crippen molar-refractivity contribution in [2.75, 3.05) is 23.7 Å². The third kappa shape index (κ3) is 6.14. The number of para-hydroxylation sites is 1. The smallest absolute Gasteiger partial charge is 0.251 e. The highest BCUT2D eigenvalue weighted by Crippen LogP contribution is 2.14. The van der Waals surface area contributed by atoms with Gasteiger partial charge in [-0.1, -0.05) is 25.5 Å². The minimum Gasteiger partial charge on any atom is -0.376 e. The van der Waals surface area contributed by atoms with Gasteiger partial charge in [-0.2, -0.15) is 0 Å². The summed E-state index contributed by atoms with van der Waals surface area (Å²) >= 11 is 0. The fraction of sp³-hybridized carbons (Fsp3) is 0.250. The molecule has 0 radical (unpaired) electrons. The van der Waals surface area contributed by atoms with Gasteiger partial charge < -0.3 is 21.7 Å². The number of nitrogens with one attached hydrogen (secondary N) is 3. The van der Waals surface area contributed by atoms with Gasteiger partial charge in [-0.05, 0) is 42.8 Å². The van der Waals surface area contributed by atoms with E-state index in [1.807, 2.05) is 0 Å². The fourth-order valence-corrected chi connectivity index (χ4v) is 2.42. The molecule has 7 heteroatoms. The Bertz CT molecular complexity index is 803. The summed E-state index contributed by atoms with van der Waals surface area (Å²) in [6, 6.07) is 13.4. The Morgan fingerprint density at radius 3 is 2.37 bits per heavy atom. The molecule has 142 valence electrons. The molecule has 2 rings (SSSR count). The number of hydrogen-bond acceptors (Lipinski definition) is 4. The molecule has 7 nitrogen and oxygen atoms in total. The first kappa shape index (κ1) is 20.0. The Labute approximate surface area is 158 Å². The average molecular weight is 368 g/mol. The highest BCUT2D eigenvalue weighted by molar-refractivity contribution is 6.00. The molecule has 2 aromatic carbocycles. The van der Waals surface area contributed by atoms with Crippen LogP contribution in [0.5, 0.6) is 0 Å². The van der Waals surface area contributed by atoms with Crippen LogP contribution in [0.2, 0.25) is 0 Å². The van der Waals surface area contributed by atoms with Gasteiger partial charge in [0.15, 0.2) is 0 Å². The van der Waals surface area contributed by atoms with Crippen LogP contribution in [0.4, 0.5) is 11.4 Å². The number of unbranched alkanes of at least 4 members (excludes halogenated alkanes) is 1. The molecule has 0 aliphatic rings. The molecule has 0 aromatic heterocycles. The predicted molar refractivity (Wildman–Crippen MR) is 106 cm³/mol. The van der Waals surface area contributed by atoms with Crippen LogP contribution < -0.4 is 21.7 Å². The van der Waals surface area contributed by atoms with E-state index in [0.717, 1.165) is 12.8 Å². The number of rotatable bonds is 9. The molecule has 0 aliphatic heterocycles. The van der Waals surface area contributed by atoms with Crippen molar-refractivity contribution in [3.8, 4) is 0 Å². The molecule has 0 fully saturated rings. The monoisotopic (exact) mass is 368 g/mol. The Hall–Kier alpha value is -3.35. The van der Waals surface area contributed by atoms with E-state index in [1.165, 1.54) is 0 Å². The Balaban J connectivity index is 1.87. The van der Waals surface area contributed by atoms with E-state index in [2.05, 4.69) is 22.9 Å². The standard InChI is InChI=1S/C20H24N4O3/c1-2-3-12-22-20(27)14-8-10-15(11-9-14)24-18(25)13-23-17-7-5-4-6-16(17)19(21)26/h4-11,23H,2-3,12-13H2,1H3,(H2,21,26)(H,22,27)(H,24,25). The lowest BCUT2D eigenvalue weighted by Gasteiger charge is -2.11. The summed E-state index contributed by atoms with van der Waals surface area (Å²) in [5.41, 5.74) is 7.25. The van der Waals surface area contributed by atoms with Crippen molar-refractivity contribution in [1.29, 1.82) is 0 Å². The predicted octanol–water partition coefficient (Wildman–Crippen LogP) is 2.37. The highest BCUT2D eigenvalue weighted by Gasteiger charge is 2.09. The Kier molecular flexibility index (Phi) is 7.37. The minimum atomic E-state index is -0.564. The molecule has 5 N–H and O–H groups in total. The third-order valence-electron chi connectivity index (χ3n) is 3.88. The summed E-state index contributed by atoms with van der Waals surface area (Å²) in [5, 5.41) is 8.46. The summed E-state index contributed by atoms with van der Waals surface area (Å²) in [4.78, 5) is 35.4. The van der Waals surface area contributed by atoms with Crippen molar-refractivity contribution in [2.24, 2.45) is 5.73 Å². The molecule has 2 aromatic rings. The molecule has 0 atom stereocenters. The number of benzene rings is 2. The zero-order valence-electron chi connectivity index (χ0n) is 15.2. The molecular weight excluding hydrogens is 344 g/mol. The van der Waals surface area contributed by atoms with Crippen LogP contribution in [-0.2, 0) is 4.79 Å². The van der Waals surface area contributed by atoms with Crippen LogP contribution in [0.3, 0.4) is 0 Å². The van der Waals surface area contributed by atoms with Gasteiger partial charge in [0.05, 0.1) is 12.1 Å². The van der Waals surface area contributed by atoms with Crippen molar-refractivity contribution < 1.29 is 14.4 Å². The van der Waals surface area contributed by atoms with E-state index in [9.17, 15) is 14.4 Å². The maximum Gasteiger partial charge on any atom is 0.251 e. The van der Waals surface area contributed by atoms with Crippen LogP contribution in [0.15, 0.2) is 48.5 Å². The first-order chi connectivity index (χ1) is 13.0. The molecule has 0 aliphatic carbocycles. The van der Waals surface area contributed by atoms with Crippen LogP contribution in [0, 0.1) is 0 Å². The van der Waals surface area contributed by atoms with E-state index in [1.54, 1.807) is 48.5 Å². The van der Waals surface area contributed by atoms with Gasteiger partial charge in [0.2, 0.25) is 5.91 Å². The number of primary amides is 1. The summed E-state index contributed by atoms with van der Waals surface area (Å²) < 4.78 is 0. The maximum atomic E-state index is 12.1. The number of carbonyl (C=O) groups is 3. The summed E-state index contributed by atoms with van der Waals surface area (Å²) in [7, 11) is 0. The molecule has 0 heterocycles. The van der Waals surface area contributed by atoms with Crippen molar-refractivity contribution >= 4 is 29.1 Å². The van der Waals surface area contributed by atoms with Crippen molar-refractivity contribution in [2.45, 2.75) is 19.8 Å². The first-order valence-electron chi connectivity index (χ1n) is 8.82. The fourth-order valence-electron chi connectivity index (χ4n) is 2.42. The Morgan fingerprint density at radius 2 is 1.70 bits per heavy atom. The van der Waals surface area contributed by atoms with Crippen molar-refractivity contribution in [1.82, 2.24) is 5.32 Å². The third-order valence-corrected chi connectivity index (χ3v) is 3.88. The molecular formula is C20H24N4O3. The lowest BCUT2D eigenvalue weighted by molar-refractivity contribution is -0.114. The molecule has 0 saturated heterocycles. The summed E-state index contributed by atoms with van der Waals surface area (Å²) in [5.74, 6) is -0.980. The largest absolute Gasteiger partial charge is 0.376 e. The van der Waals surface area contributed by atoms with Gasteiger partial charge in [-0.3, -0.25) is 14.4 Å². The second kappa shape index (κ2) is 9.96. The van der Waals surface area contributed by atoms with E-state index < -0.39 is 5.91 Å². The second-order valence-electron chi connectivity index (χ2n) is 6.00. The van der Waals surface area contributed by atoms with Gasteiger partial charge in [-0.25, -0.2) is 0 Å². The lowest BCUT2D eigenvalue weighted by atomic mass is 10.1. The van der Waals surface area contributed by atoms with Crippen LogP contribution in [0.25, 0.3) is 0 Å².